The predicted molar refractivity (Wildman–Crippen MR) is 90.6 cm³/mol. The Labute approximate surface area is 137 Å². The average Bonchev–Trinajstić information content (AvgIpc) is 2.50. The summed E-state index contributed by atoms with van der Waals surface area (Å²) in [5, 5.41) is 0. The molecule has 22 heavy (non-hydrogen) atoms. The second-order valence-electron chi connectivity index (χ2n) is 4.74. The van der Waals surface area contributed by atoms with Crippen LogP contribution < -0.4 is 11.5 Å². The number of esters is 1. The van der Waals surface area contributed by atoms with Crippen LogP contribution in [0.15, 0.2) is 29.8 Å². The van der Waals surface area contributed by atoms with Crippen LogP contribution in [0.25, 0.3) is 6.08 Å². The number of methoxy groups -OCH3 is 1. The second kappa shape index (κ2) is 10.8. The molecule has 0 aliphatic rings. The summed E-state index contributed by atoms with van der Waals surface area (Å²) in [6, 6.07) is 6.93. The Kier molecular flexibility index (Phi) is 9.91. The highest BCUT2D eigenvalue weighted by Gasteiger charge is 2.18. The molecule has 0 radical (unpaired) electrons. The quantitative estimate of drug-likeness (QED) is 0.191. The minimum atomic E-state index is -0.615. The van der Waals surface area contributed by atoms with Gasteiger partial charge in [0.2, 0.25) is 0 Å². The molecule has 122 valence electrons. The molecule has 6 heteroatoms. The Morgan fingerprint density at radius 3 is 2.32 bits per heavy atom. The van der Waals surface area contributed by atoms with Gasteiger partial charge in [-0.2, -0.15) is 0 Å². The zero-order chi connectivity index (χ0) is 15.7. The van der Waals surface area contributed by atoms with Crippen LogP contribution in [0.3, 0.4) is 0 Å². The van der Waals surface area contributed by atoms with E-state index in [2.05, 4.69) is 4.74 Å². The van der Waals surface area contributed by atoms with E-state index in [1.54, 1.807) is 24.3 Å². The normalized spacial score (nSPS) is 10.7. The maximum atomic E-state index is 12.2. The van der Waals surface area contributed by atoms with E-state index in [-0.39, 0.29) is 23.8 Å². The summed E-state index contributed by atoms with van der Waals surface area (Å²) in [5.74, 6) is -0.827. The van der Waals surface area contributed by atoms with E-state index >= 15 is 0 Å². The summed E-state index contributed by atoms with van der Waals surface area (Å²) in [6.45, 7) is 0.610. The number of ether oxygens (including phenoxy) is 1. The number of ketones is 1. The first-order chi connectivity index (χ1) is 10.1. The molecule has 0 heterocycles. The fourth-order valence-electron chi connectivity index (χ4n) is 1.86. The van der Waals surface area contributed by atoms with Crippen molar-refractivity contribution in [1.82, 2.24) is 0 Å². The summed E-state index contributed by atoms with van der Waals surface area (Å²) in [7, 11) is 1.26. The van der Waals surface area contributed by atoms with Gasteiger partial charge in [0, 0.05) is 12.1 Å². The molecule has 0 spiro atoms. The first-order valence-corrected chi connectivity index (χ1v) is 6.97. The van der Waals surface area contributed by atoms with Gasteiger partial charge >= 0.3 is 5.97 Å². The smallest absolute Gasteiger partial charge is 0.341 e. The van der Waals surface area contributed by atoms with Crippen molar-refractivity contribution >= 4 is 35.9 Å². The van der Waals surface area contributed by atoms with Crippen molar-refractivity contribution in [2.45, 2.75) is 25.7 Å². The fraction of sp³-hybridized carbons (Fsp3) is 0.375. The van der Waals surface area contributed by atoms with Gasteiger partial charge in [0.25, 0.3) is 0 Å². The Balaban J connectivity index is 0.00000441. The number of unbranched alkanes of at least 4 members (excludes halogenated alkanes) is 2. The maximum Gasteiger partial charge on any atom is 0.341 e. The first kappa shape index (κ1) is 20.1. The van der Waals surface area contributed by atoms with Gasteiger partial charge in [-0.3, -0.25) is 4.79 Å². The maximum absolute atomic E-state index is 12.2. The number of carbonyl (C=O) groups excluding carboxylic acids is 2. The van der Waals surface area contributed by atoms with Crippen molar-refractivity contribution in [2.75, 3.05) is 19.4 Å². The van der Waals surface area contributed by atoms with Gasteiger partial charge in [0.05, 0.1) is 7.11 Å². The predicted octanol–water partition coefficient (Wildman–Crippen LogP) is 2.34. The number of carbonyl (C=O) groups is 2. The lowest BCUT2D eigenvalue weighted by molar-refractivity contribution is -0.137. The number of hydrogen-bond acceptors (Lipinski definition) is 5. The zero-order valence-electron chi connectivity index (χ0n) is 12.7. The molecule has 0 fully saturated rings. The topological polar surface area (TPSA) is 95.4 Å². The molecule has 4 N–H and O–H groups in total. The molecule has 0 atom stereocenters. The van der Waals surface area contributed by atoms with Gasteiger partial charge in [-0.25, -0.2) is 4.79 Å². The summed E-state index contributed by atoms with van der Waals surface area (Å²) < 4.78 is 4.68. The lowest BCUT2D eigenvalue weighted by atomic mass is 10.0. The van der Waals surface area contributed by atoms with Crippen LogP contribution >= 0.6 is 12.4 Å². The Morgan fingerprint density at radius 1 is 1.14 bits per heavy atom. The van der Waals surface area contributed by atoms with Gasteiger partial charge in [0.1, 0.15) is 5.57 Å². The van der Waals surface area contributed by atoms with E-state index in [9.17, 15) is 9.59 Å². The molecular weight excluding hydrogens is 304 g/mol. The minimum absolute atomic E-state index is 0. The summed E-state index contributed by atoms with van der Waals surface area (Å²) >= 11 is 0. The van der Waals surface area contributed by atoms with E-state index in [1.807, 2.05) is 0 Å². The molecule has 0 amide bonds. The van der Waals surface area contributed by atoms with Crippen LogP contribution in [0, 0.1) is 0 Å². The lowest BCUT2D eigenvalue weighted by Gasteiger charge is -2.05. The van der Waals surface area contributed by atoms with E-state index in [1.165, 1.54) is 13.2 Å². The summed E-state index contributed by atoms with van der Waals surface area (Å²) in [6.07, 6.45) is 4.32. The third-order valence-corrected chi connectivity index (χ3v) is 3.06. The number of nitrogen functional groups attached to an aromatic ring is 1. The Morgan fingerprint density at radius 2 is 1.77 bits per heavy atom. The highest BCUT2D eigenvalue weighted by molar-refractivity contribution is 6.20. The van der Waals surface area contributed by atoms with E-state index in [4.69, 9.17) is 11.5 Å². The average molecular weight is 327 g/mol. The molecule has 0 bridgehead atoms. The monoisotopic (exact) mass is 326 g/mol. The standard InChI is InChI=1S/C16H22N2O3.ClH/c1-21-16(20)14(15(19)5-3-2-4-10-17)11-12-6-8-13(18)9-7-12;/h6-9,11H,2-5,10,17-18H2,1H3;1H. The summed E-state index contributed by atoms with van der Waals surface area (Å²) in [5.41, 5.74) is 12.4. The number of benzene rings is 1. The molecule has 1 aromatic rings. The van der Waals surface area contributed by atoms with Crippen LogP contribution in [-0.4, -0.2) is 25.4 Å². The van der Waals surface area contributed by atoms with Crippen LogP contribution in [-0.2, 0) is 14.3 Å². The minimum Gasteiger partial charge on any atom is -0.465 e. The number of halogens is 1. The lowest BCUT2D eigenvalue weighted by Crippen LogP contribution is -2.14. The summed E-state index contributed by atoms with van der Waals surface area (Å²) in [4.78, 5) is 23.9. The van der Waals surface area contributed by atoms with Gasteiger partial charge in [0.15, 0.2) is 5.78 Å². The molecule has 5 nitrogen and oxygen atoms in total. The molecule has 0 saturated heterocycles. The third kappa shape index (κ3) is 6.74. The zero-order valence-corrected chi connectivity index (χ0v) is 13.5. The Bertz CT molecular complexity index is 513. The van der Waals surface area contributed by atoms with Crippen molar-refractivity contribution in [3.05, 3.63) is 35.4 Å². The number of hydrogen-bond donors (Lipinski definition) is 2. The highest BCUT2D eigenvalue weighted by Crippen LogP contribution is 2.14. The second-order valence-corrected chi connectivity index (χ2v) is 4.74. The van der Waals surface area contributed by atoms with Crippen molar-refractivity contribution < 1.29 is 14.3 Å². The molecule has 0 saturated carbocycles. The van der Waals surface area contributed by atoms with Crippen LogP contribution in [0.1, 0.15) is 31.2 Å². The fourth-order valence-corrected chi connectivity index (χ4v) is 1.86. The van der Waals surface area contributed by atoms with Gasteiger partial charge < -0.3 is 16.2 Å². The molecule has 0 aromatic heterocycles. The van der Waals surface area contributed by atoms with E-state index in [0.29, 0.717) is 25.1 Å². The van der Waals surface area contributed by atoms with E-state index in [0.717, 1.165) is 18.4 Å². The van der Waals surface area contributed by atoms with Crippen LogP contribution in [0.2, 0.25) is 0 Å². The van der Waals surface area contributed by atoms with Crippen LogP contribution in [0.4, 0.5) is 5.69 Å². The van der Waals surface area contributed by atoms with Gasteiger partial charge in [-0.1, -0.05) is 18.6 Å². The molecule has 1 rings (SSSR count). The number of nitrogens with two attached hydrogens (primary N) is 2. The number of rotatable bonds is 8. The largest absolute Gasteiger partial charge is 0.465 e. The van der Waals surface area contributed by atoms with Crippen molar-refractivity contribution in [2.24, 2.45) is 5.73 Å². The molecule has 0 aliphatic heterocycles. The molecule has 0 unspecified atom stereocenters. The molecule has 0 aliphatic carbocycles. The Hall–Kier alpha value is -1.85. The molecule has 1 aromatic carbocycles. The first-order valence-electron chi connectivity index (χ1n) is 6.97. The van der Waals surface area contributed by atoms with Crippen molar-refractivity contribution in [1.29, 1.82) is 0 Å². The van der Waals surface area contributed by atoms with E-state index < -0.39 is 5.97 Å². The van der Waals surface area contributed by atoms with Crippen molar-refractivity contribution in [3.8, 4) is 0 Å². The number of anilines is 1. The third-order valence-electron chi connectivity index (χ3n) is 3.06. The molecular formula is C16H23ClN2O3. The SMILES string of the molecule is COC(=O)C(=Cc1ccc(N)cc1)C(=O)CCCCCN.Cl. The number of Topliss-reactive ketones (excluding diaryl/α,β-unsaturated/α-hetero) is 1. The highest BCUT2D eigenvalue weighted by atomic mass is 35.5. The van der Waals surface area contributed by atoms with Crippen LogP contribution in [0.5, 0.6) is 0 Å². The van der Waals surface area contributed by atoms with Gasteiger partial charge in [-0.15, -0.1) is 12.4 Å². The van der Waals surface area contributed by atoms with Crippen molar-refractivity contribution in [3.63, 3.8) is 0 Å². The van der Waals surface area contributed by atoms with Gasteiger partial charge in [-0.05, 0) is 43.2 Å².